The second kappa shape index (κ2) is 8.96. The highest BCUT2D eigenvalue weighted by atomic mass is 79.9. The van der Waals surface area contributed by atoms with Crippen LogP contribution in [-0.2, 0) is 11.3 Å². The number of amides is 2. The molecule has 5 nitrogen and oxygen atoms in total. The summed E-state index contributed by atoms with van der Waals surface area (Å²) in [6.07, 6.45) is 0. The number of benzene rings is 2. The molecule has 1 fully saturated rings. The van der Waals surface area contributed by atoms with E-state index in [2.05, 4.69) is 26.1 Å². The van der Waals surface area contributed by atoms with Crippen LogP contribution < -0.4 is 5.32 Å². The predicted octanol–water partition coefficient (Wildman–Crippen LogP) is 2.52. The van der Waals surface area contributed by atoms with Gasteiger partial charge in [-0.2, -0.15) is 0 Å². The summed E-state index contributed by atoms with van der Waals surface area (Å²) in [6, 6.07) is 17.3. The van der Waals surface area contributed by atoms with E-state index in [9.17, 15) is 9.59 Å². The van der Waals surface area contributed by atoms with E-state index >= 15 is 0 Å². The van der Waals surface area contributed by atoms with Gasteiger partial charge in [0.15, 0.2) is 0 Å². The third kappa shape index (κ3) is 5.16. The summed E-state index contributed by atoms with van der Waals surface area (Å²) in [6.45, 7) is 3.60. The maximum Gasteiger partial charge on any atom is 0.253 e. The molecule has 6 heteroatoms. The zero-order chi connectivity index (χ0) is 18.4. The fourth-order valence-corrected chi connectivity index (χ4v) is 3.37. The van der Waals surface area contributed by atoms with E-state index < -0.39 is 0 Å². The fourth-order valence-electron chi connectivity index (χ4n) is 2.97. The zero-order valence-electron chi connectivity index (χ0n) is 14.5. The first kappa shape index (κ1) is 18.6. The van der Waals surface area contributed by atoms with Crippen LogP contribution in [0, 0.1) is 0 Å². The molecule has 0 aliphatic carbocycles. The maximum absolute atomic E-state index is 12.5. The Hall–Kier alpha value is -2.18. The number of hydrogen-bond acceptors (Lipinski definition) is 3. The molecule has 2 aromatic carbocycles. The number of hydrogen-bond donors (Lipinski definition) is 1. The van der Waals surface area contributed by atoms with Gasteiger partial charge in [-0.05, 0) is 23.8 Å². The Labute approximate surface area is 162 Å². The van der Waals surface area contributed by atoms with E-state index in [-0.39, 0.29) is 11.8 Å². The van der Waals surface area contributed by atoms with E-state index in [1.165, 1.54) is 0 Å². The third-order valence-corrected chi connectivity index (χ3v) is 4.92. The summed E-state index contributed by atoms with van der Waals surface area (Å²) in [4.78, 5) is 28.6. The van der Waals surface area contributed by atoms with Crippen LogP contribution in [0.2, 0.25) is 0 Å². The van der Waals surface area contributed by atoms with Crippen molar-refractivity contribution in [2.75, 3.05) is 32.7 Å². The molecule has 0 aromatic heterocycles. The number of nitrogens with one attached hydrogen (secondary N) is 1. The van der Waals surface area contributed by atoms with Gasteiger partial charge >= 0.3 is 0 Å². The lowest BCUT2D eigenvalue weighted by Gasteiger charge is -2.34. The highest BCUT2D eigenvalue weighted by Crippen LogP contribution is 2.14. The van der Waals surface area contributed by atoms with Crippen LogP contribution in [0.1, 0.15) is 15.9 Å². The van der Waals surface area contributed by atoms with E-state index in [0.717, 1.165) is 10.0 Å². The molecule has 1 aliphatic heterocycles. The van der Waals surface area contributed by atoms with Crippen LogP contribution in [0.3, 0.4) is 0 Å². The van der Waals surface area contributed by atoms with Crippen molar-refractivity contribution in [3.05, 3.63) is 70.2 Å². The van der Waals surface area contributed by atoms with E-state index in [4.69, 9.17) is 0 Å². The summed E-state index contributed by atoms with van der Waals surface area (Å²) < 4.78 is 0.900. The molecule has 0 spiro atoms. The van der Waals surface area contributed by atoms with Gasteiger partial charge in [0.1, 0.15) is 0 Å². The second-order valence-electron chi connectivity index (χ2n) is 6.34. The molecule has 1 N–H and O–H groups in total. The summed E-state index contributed by atoms with van der Waals surface area (Å²) >= 11 is 3.40. The van der Waals surface area contributed by atoms with Crippen molar-refractivity contribution in [1.29, 1.82) is 0 Å². The number of carbonyl (C=O) groups excluding carboxylic acids is 2. The maximum atomic E-state index is 12.5. The van der Waals surface area contributed by atoms with Gasteiger partial charge in [0.25, 0.3) is 5.91 Å². The predicted molar refractivity (Wildman–Crippen MR) is 105 cm³/mol. The highest BCUT2D eigenvalue weighted by Gasteiger charge is 2.23. The van der Waals surface area contributed by atoms with Crippen molar-refractivity contribution in [3.8, 4) is 0 Å². The number of nitrogens with zero attached hydrogens (tertiary/aromatic N) is 2. The average Bonchev–Trinajstić information content (AvgIpc) is 2.67. The molecule has 1 saturated heterocycles. The first-order valence-corrected chi connectivity index (χ1v) is 9.49. The summed E-state index contributed by atoms with van der Waals surface area (Å²) in [5, 5.41) is 2.95. The number of halogens is 1. The summed E-state index contributed by atoms with van der Waals surface area (Å²) in [5.41, 5.74) is 1.78. The smallest absolute Gasteiger partial charge is 0.253 e. The minimum absolute atomic E-state index is 0.0145. The van der Waals surface area contributed by atoms with Crippen molar-refractivity contribution < 1.29 is 9.59 Å². The topological polar surface area (TPSA) is 52.7 Å². The molecule has 1 aliphatic rings. The lowest BCUT2D eigenvalue weighted by atomic mass is 10.2. The SMILES string of the molecule is O=C(CN1CCN(C(=O)c2cccc(Br)c2)CC1)NCc1ccccc1. The second-order valence-corrected chi connectivity index (χ2v) is 7.26. The molecule has 3 rings (SSSR count). The molecule has 1 heterocycles. The Balaban J connectivity index is 1.43. The standard InChI is InChI=1S/C20H22BrN3O2/c21-18-8-4-7-17(13-18)20(26)24-11-9-23(10-12-24)15-19(25)22-14-16-5-2-1-3-6-16/h1-8,13H,9-12,14-15H2,(H,22,25). The van der Waals surface area contributed by atoms with Crippen LogP contribution >= 0.6 is 15.9 Å². The molecule has 136 valence electrons. The van der Waals surface area contributed by atoms with Gasteiger partial charge in [0, 0.05) is 42.8 Å². The Morgan fingerprint density at radius 3 is 2.38 bits per heavy atom. The minimum Gasteiger partial charge on any atom is -0.351 e. The first-order valence-electron chi connectivity index (χ1n) is 8.69. The van der Waals surface area contributed by atoms with Crippen molar-refractivity contribution in [2.24, 2.45) is 0 Å². The third-order valence-electron chi connectivity index (χ3n) is 4.43. The fraction of sp³-hybridized carbons (Fsp3) is 0.300. The van der Waals surface area contributed by atoms with Gasteiger partial charge in [-0.15, -0.1) is 0 Å². The quantitative estimate of drug-likeness (QED) is 0.815. The number of carbonyl (C=O) groups is 2. The molecule has 0 atom stereocenters. The van der Waals surface area contributed by atoms with Crippen LogP contribution in [0.15, 0.2) is 59.1 Å². The Bertz CT molecular complexity index is 759. The molecule has 0 saturated carbocycles. The van der Waals surface area contributed by atoms with Crippen molar-refractivity contribution in [1.82, 2.24) is 15.1 Å². The zero-order valence-corrected chi connectivity index (χ0v) is 16.1. The van der Waals surface area contributed by atoms with Crippen LogP contribution in [0.25, 0.3) is 0 Å². The molecule has 0 bridgehead atoms. The molecule has 0 unspecified atom stereocenters. The Kier molecular flexibility index (Phi) is 6.41. The van der Waals surface area contributed by atoms with Crippen LogP contribution in [0.5, 0.6) is 0 Å². The molecule has 2 amide bonds. The van der Waals surface area contributed by atoms with Gasteiger partial charge in [0.05, 0.1) is 6.54 Å². The summed E-state index contributed by atoms with van der Waals surface area (Å²) in [7, 11) is 0. The average molecular weight is 416 g/mol. The van der Waals surface area contributed by atoms with Gasteiger partial charge in [-0.3, -0.25) is 14.5 Å². The van der Waals surface area contributed by atoms with Gasteiger partial charge < -0.3 is 10.2 Å². The van der Waals surface area contributed by atoms with Crippen molar-refractivity contribution in [3.63, 3.8) is 0 Å². The number of piperazine rings is 1. The highest BCUT2D eigenvalue weighted by molar-refractivity contribution is 9.10. The van der Waals surface area contributed by atoms with Crippen molar-refractivity contribution in [2.45, 2.75) is 6.54 Å². The summed E-state index contributed by atoms with van der Waals surface area (Å²) in [5.74, 6) is 0.0556. The van der Waals surface area contributed by atoms with E-state index in [1.807, 2.05) is 59.5 Å². The van der Waals surface area contributed by atoms with Gasteiger partial charge in [0.2, 0.25) is 5.91 Å². The van der Waals surface area contributed by atoms with Crippen molar-refractivity contribution >= 4 is 27.7 Å². The normalized spacial score (nSPS) is 14.9. The molecular formula is C20H22BrN3O2. The molecular weight excluding hydrogens is 394 g/mol. The molecule has 26 heavy (non-hydrogen) atoms. The van der Waals surface area contributed by atoms with Crippen LogP contribution in [0.4, 0.5) is 0 Å². The van der Waals surface area contributed by atoms with Crippen LogP contribution in [-0.4, -0.2) is 54.3 Å². The van der Waals surface area contributed by atoms with Gasteiger partial charge in [-0.1, -0.05) is 52.3 Å². The Morgan fingerprint density at radius 1 is 0.962 bits per heavy atom. The van der Waals surface area contributed by atoms with E-state index in [0.29, 0.717) is 44.8 Å². The van der Waals surface area contributed by atoms with Gasteiger partial charge in [-0.25, -0.2) is 0 Å². The minimum atomic E-state index is 0.0145. The molecule has 2 aromatic rings. The molecule has 0 radical (unpaired) electrons. The van der Waals surface area contributed by atoms with E-state index in [1.54, 1.807) is 0 Å². The monoisotopic (exact) mass is 415 g/mol. The lowest BCUT2D eigenvalue weighted by molar-refractivity contribution is -0.122. The number of rotatable bonds is 5. The first-order chi connectivity index (χ1) is 12.6. The largest absolute Gasteiger partial charge is 0.351 e. The lowest BCUT2D eigenvalue weighted by Crippen LogP contribution is -2.51. The Morgan fingerprint density at radius 2 is 1.69 bits per heavy atom.